The van der Waals surface area contributed by atoms with Crippen LogP contribution in [0.1, 0.15) is 29.7 Å². The number of hydrogen-bond acceptors (Lipinski definition) is 3. The standard InChI is InChI=1S/C16H21N3O/c1-4-18-15(10-19-11-17-8-7-16(19)20)14-6-5-12(2)9-13(14)3/h5-9,11,15,18H,4,10H2,1-3H3. The molecule has 0 spiro atoms. The molecule has 106 valence electrons. The van der Waals surface area contributed by atoms with Crippen molar-refractivity contribution in [3.05, 3.63) is 63.8 Å². The first-order valence-electron chi connectivity index (χ1n) is 6.92. The lowest BCUT2D eigenvalue weighted by Crippen LogP contribution is -2.30. The molecule has 4 nitrogen and oxygen atoms in total. The minimum atomic E-state index is -0.0207. The van der Waals surface area contributed by atoms with Gasteiger partial charge in [-0.15, -0.1) is 0 Å². The topological polar surface area (TPSA) is 46.9 Å². The van der Waals surface area contributed by atoms with Gasteiger partial charge in [-0.2, -0.15) is 0 Å². The summed E-state index contributed by atoms with van der Waals surface area (Å²) in [5.41, 5.74) is 3.70. The first kappa shape index (κ1) is 14.5. The van der Waals surface area contributed by atoms with Gasteiger partial charge in [0.25, 0.3) is 5.56 Å². The van der Waals surface area contributed by atoms with Crippen molar-refractivity contribution in [3.8, 4) is 0 Å². The lowest BCUT2D eigenvalue weighted by molar-refractivity contribution is 0.462. The monoisotopic (exact) mass is 271 g/mol. The van der Waals surface area contributed by atoms with Crippen LogP contribution in [0.2, 0.25) is 0 Å². The molecule has 0 aliphatic heterocycles. The molecule has 1 aromatic carbocycles. The minimum absolute atomic E-state index is 0.0207. The van der Waals surface area contributed by atoms with Crippen molar-refractivity contribution in [1.29, 1.82) is 0 Å². The molecule has 2 rings (SSSR count). The molecule has 1 atom stereocenters. The van der Waals surface area contributed by atoms with Gasteiger partial charge >= 0.3 is 0 Å². The summed E-state index contributed by atoms with van der Waals surface area (Å²) in [7, 11) is 0. The van der Waals surface area contributed by atoms with E-state index >= 15 is 0 Å². The number of nitrogens with one attached hydrogen (secondary N) is 1. The highest BCUT2D eigenvalue weighted by Gasteiger charge is 2.14. The summed E-state index contributed by atoms with van der Waals surface area (Å²) in [6.45, 7) is 7.71. The quantitative estimate of drug-likeness (QED) is 0.907. The smallest absolute Gasteiger partial charge is 0.253 e. The van der Waals surface area contributed by atoms with E-state index in [1.807, 2.05) is 0 Å². The molecule has 1 aromatic heterocycles. The van der Waals surface area contributed by atoms with Gasteiger partial charge in [0.1, 0.15) is 0 Å². The number of nitrogens with zero attached hydrogens (tertiary/aromatic N) is 2. The van der Waals surface area contributed by atoms with Gasteiger partial charge in [-0.3, -0.25) is 9.36 Å². The summed E-state index contributed by atoms with van der Waals surface area (Å²) in [5.74, 6) is 0. The maximum Gasteiger partial charge on any atom is 0.253 e. The van der Waals surface area contributed by atoms with Crippen molar-refractivity contribution in [3.63, 3.8) is 0 Å². The highest BCUT2D eigenvalue weighted by atomic mass is 16.1. The van der Waals surface area contributed by atoms with Crippen LogP contribution in [0.15, 0.2) is 41.6 Å². The van der Waals surface area contributed by atoms with Crippen molar-refractivity contribution in [2.45, 2.75) is 33.4 Å². The zero-order valence-corrected chi connectivity index (χ0v) is 12.3. The fourth-order valence-electron chi connectivity index (χ4n) is 2.45. The number of hydrogen-bond donors (Lipinski definition) is 1. The molecule has 0 aliphatic rings. The molecule has 0 amide bonds. The highest BCUT2D eigenvalue weighted by Crippen LogP contribution is 2.20. The second kappa shape index (κ2) is 6.48. The number of aromatic nitrogens is 2. The van der Waals surface area contributed by atoms with E-state index in [0.717, 1.165) is 6.54 Å². The summed E-state index contributed by atoms with van der Waals surface area (Å²) in [5, 5.41) is 3.45. The molecule has 4 heteroatoms. The lowest BCUT2D eigenvalue weighted by atomic mass is 9.99. The van der Waals surface area contributed by atoms with Crippen molar-refractivity contribution in [2.24, 2.45) is 0 Å². The molecule has 0 saturated heterocycles. The Balaban J connectivity index is 2.32. The fourth-order valence-corrected chi connectivity index (χ4v) is 2.45. The Labute approximate surface area is 119 Å². The first-order chi connectivity index (χ1) is 9.61. The van der Waals surface area contributed by atoms with E-state index in [4.69, 9.17) is 0 Å². The van der Waals surface area contributed by atoms with Gasteiger partial charge in [0.2, 0.25) is 0 Å². The molecular weight excluding hydrogens is 250 g/mol. The maximum absolute atomic E-state index is 11.8. The van der Waals surface area contributed by atoms with Gasteiger partial charge < -0.3 is 5.32 Å². The molecular formula is C16H21N3O. The predicted octanol–water partition coefficient (Wildman–Crippen LogP) is 2.21. The van der Waals surface area contributed by atoms with Gasteiger partial charge in [0.15, 0.2) is 0 Å². The number of rotatable bonds is 5. The average Bonchev–Trinajstić information content (AvgIpc) is 2.41. The van der Waals surface area contributed by atoms with E-state index in [0.29, 0.717) is 6.54 Å². The van der Waals surface area contributed by atoms with Crippen LogP contribution in [0.5, 0.6) is 0 Å². The number of likely N-dealkylation sites (N-methyl/N-ethyl adjacent to an activating group) is 1. The Hall–Kier alpha value is -1.94. The molecule has 0 saturated carbocycles. The Morgan fingerprint density at radius 2 is 2.10 bits per heavy atom. The van der Waals surface area contributed by atoms with E-state index in [-0.39, 0.29) is 11.6 Å². The third-order valence-corrected chi connectivity index (χ3v) is 3.42. The summed E-state index contributed by atoms with van der Waals surface area (Å²) < 4.78 is 1.65. The number of benzene rings is 1. The summed E-state index contributed by atoms with van der Waals surface area (Å²) >= 11 is 0. The summed E-state index contributed by atoms with van der Waals surface area (Å²) in [6.07, 6.45) is 3.12. The molecule has 20 heavy (non-hydrogen) atoms. The van der Waals surface area contributed by atoms with Crippen molar-refractivity contribution < 1.29 is 0 Å². The molecule has 1 N–H and O–H groups in total. The van der Waals surface area contributed by atoms with Gasteiger partial charge in [-0.25, -0.2) is 4.98 Å². The van der Waals surface area contributed by atoms with Crippen LogP contribution in [0.3, 0.4) is 0 Å². The second-order valence-electron chi connectivity index (χ2n) is 5.04. The van der Waals surface area contributed by atoms with E-state index in [1.54, 1.807) is 10.9 Å². The Bertz CT molecular complexity index is 634. The van der Waals surface area contributed by atoms with E-state index in [9.17, 15) is 4.79 Å². The van der Waals surface area contributed by atoms with Crippen LogP contribution in [0, 0.1) is 13.8 Å². The second-order valence-corrected chi connectivity index (χ2v) is 5.04. The third-order valence-electron chi connectivity index (χ3n) is 3.42. The zero-order valence-electron chi connectivity index (χ0n) is 12.3. The zero-order chi connectivity index (χ0) is 14.5. The summed E-state index contributed by atoms with van der Waals surface area (Å²) in [6, 6.07) is 8.02. The van der Waals surface area contributed by atoms with E-state index < -0.39 is 0 Å². The molecule has 1 unspecified atom stereocenters. The van der Waals surface area contributed by atoms with Crippen molar-refractivity contribution in [2.75, 3.05) is 6.54 Å². The average molecular weight is 271 g/mol. The molecule has 0 bridgehead atoms. The molecule has 1 heterocycles. The molecule has 0 aliphatic carbocycles. The Kier molecular flexibility index (Phi) is 4.69. The molecule has 0 radical (unpaired) electrons. The van der Waals surface area contributed by atoms with Crippen molar-refractivity contribution >= 4 is 0 Å². The van der Waals surface area contributed by atoms with Gasteiger partial charge in [-0.1, -0.05) is 30.7 Å². The van der Waals surface area contributed by atoms with Crippen LogP contribution < -0.4 is 10.9 Å². The first-order valence-corrected chi connectivity index (χ1v) is 6.92. The predicted molar refractivity (Wildman–Crippen MR) is 80.8 cm³/mol. The lowest BCUT2D eigenvalue weighted by Gasteiger charge is -2.21. The van der Waals surface area contributed by atoms with Gasteiger partial charge in [0, 0.05) is 18.8 Å². The largest absolute Gasteiger partial charge is 0.309 e. The van der Waals surface area contributed by atoms with Crippen LogP contribution in [-0.2, 0) is 6.54 Å². The van der Waals surface area contributed by atoms with Crippen molar-refractivity contribution in [1.82, 2.24) is 14.9 Å². The maximum atomic E-state index is 11.8. The molecule has 2 aromatic rings. The fraction of sp³-hybridized carbons (Fsp3) is 0.375. The summed E-state index contributed by atoms with van der Waals surface area (Å²) in [4.78, 5) is 15.8. The van der Waals surface area contributed by atoms with Crippen LogP contribution >= 0.6 is 0 Å². The van der Waals surface area contributed by atoms with Gasteiger partial charge in [0.05, 0.1) is 12.4 Å². The van der Waals surface area contributed by atoms with E-state index in [2.05, 4.69) is 49.3 Å². The normalized spacial score (nSPS) is 12.3. The van der Waals surface area contributed by atoms with Crippen LogP contribution in [0.4, 0.5) is 0 Å². The Morgan fingerprint density at radius 3 is 2.75 bits per heavy atom. The third kappa shape index (κ3) is 3.33. The van der Waals surface area contributed by atoms with E-state index in [1.165, 1.54) is 29.0 Å². The van der Waals surface area contributed by atoms with Crippen LogP contribution in [0.25, 0.3) is 0 Å². The highest BCUT2D eigenvalue weighted by molar-refractivity contribution is 5.32. The van der Waals surface area contributed by atoms with Crippen LogP contribution in [-0.4, -0.2) is 16.1 Å². The van der Waals surface area contributed by atoms with Gasteiger partial charge in [-0.05, 0) is 31.5 Å². The SMILES string of the molecule is CCNC(Cn1cnccc1=O)c1ccc(C)cc1C. The minimum Gasteiger partial charge on any atom is -0.309 e. The Morgan fingerprint density at radius 1 is 1.30 bits per heavy atom. The number of aryl methyl sites for hydroxylation is 2. The molecule has 0 fully saturated rings.